The second-order valence-corrected chi connectivity index (χ2v) is 6.23. The third-order valence-electron chi connectivity index (χ3n) is 2.33. The summed E-state index contributed by atoms with van der Waals surface area (Å²) in [5.74, 6) is 0.469. The summed E-state index contributed by atoms with van der Waals surface area (Å²) in [4.78, 5) is 3.85. The van der Waals surface area contributed by atoms with Crippen molar-refractivity contribution in [3.8, 4) is 0 Å². The molecule has 82 valence electrons. The minimum Gasteiger partial charge on any atom is -0.381 e. The normalized spacial score (nSPS) is 23.9. The topological polar surface area (TPSA) is 59.1 Å². The maximum absolute atomic E-state index is 11.2. The van der Waals surface area contributed by atoms with E-state index in [0.29, 0.717) is 11.6 Å². The van der Waals surface area contributed by atoms with Gasteiger partial charge in [-0.25, -0.2) is 13.4 Å². The largest absolute Gasteiger partial charge is 0.381 e. The standard InChI is InChI=1S/C9H11ClN2O2S/c10-9-5-7(1-3-11-9)12-8-2-4-15(13,14)6-8/h1,3,5,8H,2,4,6H2,(H,11,12). The SMILES string of the molecule is O=S1(=O)CCC(Nc2ccnc(Cl)c2)C1. The first-order chi connectivity index (χ1) is 7.05. The van der Waals surface area contributed by atoms with Crippen LogP contribution in [0.25, 0.3) is 0 Å². The van der Waals surface area contributed by atoms with E-state index in [1.54, 1.807) is 18.3 Å². The fraction of sp³-hybridized carbons (Fsp3) is 0.444. The average Bonchev–Trinajstić information content (AvgIpc) is 2.45. The van der Waals surface area contributed by atoms with Gasteiger partial charge >= 0.3 is 0 Å². The van der Waals surface area contributed by atoms with Crippen LogP contribution in [0.5, 0.6) is 0 Å². The van der Waals surface area contributed by atoms with Crippen LogP contribution < -0.4 is 5.32 Å². The van der Waals surface area contributed by atoms with E-state index in [2.05, 4.69) is 10.3 Å². The molecule has 0 radical (unpaired) electrons. The van der Waals surface area contributed by atoms with Crippen LogP contribution in [0.1, 0.15) is 6.42 Å². The zero-order valence-electron chi connectivity index (χ0n) is 7.98. The van der Waals surface area contributed by atoms with Crippen molar-refractivity contribution in [2.24, 2.45) is 0 Å². The van der Waals surface area contributed by atoms with Crippen molar-refractivity contribution >= 4 is 27.1 Å². The number of hydrogen-bond donors (Lipinski definition) is 1. The Labute approximate surface area is 93.6 Å². The highest BCUT2D eigenvalue weighted by molar-refractivity contribution is 7.91. The van der Waals surface area contributed by atoms with E-state index in [1.165, 1.54) is 0 Å². The molecule has 1 N–H and O–H groups in total. The van der Waals surface area contributed by atoms with Gasteiger partial charge < -0.3 is 5.32 Å². The fourth-order valence-electron chi connectivity index (χ4n) is 1.64. The van der Waals surface area contributed by atoms with Crippen molar-refractivity contribution in [2.45, 2.75) is 12.5 Å². The highest BCUT2D eigenvalue weighted by Gasteiger charge is 2.27. The minimum absolute atomic E-state index is 0.00605. The molecule has 0 bridgehead atoms. The number of anilines is 1. The van der Waals surface area contributed by atoms with Gasteiger partial charge in [0.25, 0.3) is 0 Å². The van der Waals surface area contributed by atoms with Crippen LogP contribution in [-0.4, -0.2) is 30.9 Å². The molecular weight excluding hydrogens is 236 g/mol. The summed E-state index contributed by atoms with van der Waals surface area (Å²) in [6, 6.07) is 3.46. The Morgan fingerprint density at radius 3 is 2.93 bits per heavy atom. The number of nitrogens with zero attached hydrogens (tertiary/aromatic N) is 1. The van der Waals surface area contributed by atoms with Crippen LogP contribution in [0.2, 0.25) is 5.15 Å². The molecule has 1 aromatic heterocycles. The first-order valence-electron chi connectivity index (χ1n) is 4.64. The number of pyridine rings is 1. The lowest BCUT2D eigenvalue weighted by atomic mass is 10.2. The molecule has 4 nitrogen and oxygen atoms in total. The smallest absolute Gasteiger partial charge is 0.152 e. The second-order valence-electron chi connectivity index (χ2n) is 3.61. The van der Waals surface area contributed by atoms with Crippen LogP contribution in [0.15, 0.2) is 18.3 Å². The van der Waals surface area contributed by atoms with E-state index in [9.17, 15) is 8.42 Å². The Balaban J connectivity index is 2.05. The molecule has 1 unspecified atom stereocenters. The molecule has 2 heterocycles. The van der Waals surface area contributed by atoms with Gasteiger partial charge in [-0.15, -0.1) is 0 Å². The van der Waals surface area contributed by atoms with E-state index in [0.717, 1.165) is 5.69 Å². The highest BCUT2D eigenvalue weighted by Crippen LogP contribution is 2.18. The van der Waals surface area contributed by atoms with Crippen LogP contribution in [0.4, 0.5) is 5.69 Å². The molecule has 1 aliphatic heterocycles. The zero-order chi connectivity index (χ0) is 10.9. The van der Waals surface area contributed by atoms with E-state index in [4.69, 9.17) is 11.6 Å². The summed E-state index contributed by atoms with van der Waals surface area (Å²) >= 11 is 5.72. The average molecular weight is 247 g/mol. The Bertz CT molecular complexity index is 461. The molecule has 0 spiro atoms. The summed E-state index contributed by atoms with van der Waals surface area (Å²) in [6.07, 6.45) is 2.25. The maximum Gasteiger partial charge on any atom is 0.152 e. The molecule has 1 atom stereocenters. The van der Waals surface area contributed by atoms with Gasteiger partial charge in [0.1, 0.15) is 5.15 Å². The van der Waals surface area contributed by atoms with E-state index >= 15 is 0 Å². The number of hydrogen-bond acceptors (Lipinski definition) is 4. The number of aromatic nitrogens is 1. The van der Waals surface area contributed by atoms with Crippen molar-refractivity contribution in [3.63, 3.8) is 0 Å². The first kappa shape index (κ1) is 10.7. The minimum atomic E-state index is -2.84. The van der Waals surface area contributed by atoms with Crippen LogP contribution >= 0.6 is 11.6 Å². The Kier molecular flexibility index (Phi) is 2.84. The second kappa shape index (κ2) is 3.98. The Hall–Kier alpha value is -0.810. The molecule has 0 saturated carbocycles. The van der Waals surface area contributed by atoms with Gasteiger partial charge in [0, 0.05) is 17.9 Å². The Morgan fingerprint density at radius 1 is 1.53 bits per heavy atom. The molecule has 15 heavy (non-hydrogen) atoms. The van der Waals surface area contributed by atoms with Gasteiger partial charge in [-0.05, 0) is 18.6 Å². The monoisotopic (exact) mass is 246 g/mol. The van der Waals surface area contributed by atoms with Crippen molar-refractivity contribution in [2.75, 3.05) is 16.8 Å². The lowest BCUT2D eigenvalue weighted by molar-refractivity contribution is 0.602. The van der Waals surface area contributed by atoms with Gasteiger partial charge in [-0.3, -0.25) is 0 Å². The van der Waals surface area contributed by atoms with Crippen molar-refractivity contribution in [1.29, 1.82) is 0 Å². The van der Waals surface area contributed by atoms with E-state index < -0.39 is 9.84 Å². The molecule has 2 rings (SSSR count). The number of nitrogens with one attached hydrogen (secondary N) is 1. The van der Waals surface area contributed by atoms with Gasteiger partial charge in [0.2, 0.25) is 0 Å². The molecule has 1 fully saturated rings. The third-order valence-corrected chi connectivity index (χ3v) is 4.30. The van der Waals surface area contributed by atoms with Gasteiger partial charge in [-0.2, -0.15) is 0 Å². The molecule has 0 aliphatic carbocycles. The van der Waals surface area contributed by atoms with Crippen LogP contribution in [0, 0.1) is 0 Å². The highest BCUT2D eigenvalue weighted by atomic mass is 35.5. The molecule has 0 aromatic carbocycles. The zero-order valence-corrected chi connectivity index (χ0v) is 9.55. The third kappa shape index (κ3) is 2.82. The van der Waals surface area contributed by atoms with Gasteiger partial charge in [-0.1, -0.05) is 11.6 Å². The molecular formula is C9H11ClN2O2S. The summed E-state index contributed by atoms with van der Waals surface area (Å²) in [5.41, 5.74) is 0.817. The van der Waals surface area contributed by atoms with Crippen molar-refractivity contribution in [1.82, 2.24) is 4.98 Å². The quantitative estimate of drug-likeness (QED) is 0.800. The van der Waals surface area contributed by atoms with Crippen molar-refractivity contribution < 1.29 is 8.42 Å². The lowest BCUT2D eigenvalue weighted by Gasteiger charge is -2.11. The summed E-state index contributed by atoms with van der Waals surface area (Å²) in [5, 5.41) is 3.54. The predicted molar refractivity (Wildman–Crippen MR) is 59.9 cm³/mol. The van der Waals surface area contributed by atoms with E-state index in [-0.39, 0.29) is 17.5 Å². The van der Waals surface area contributed by atoms with Crippen molar-refractivity contribution in [3.05, 3.63) is 23.5 Å². The van der Waals surface area contributed by atoms with Gasteiger partial charge in [0.15, 0.2) is 9.84 Å². The first-order valence-corrected chi connectivity index (χ1v) is 6.84. The molecule has 1 aliphatic rings. The number of rotatable bonds is 2. The number of sulfone groups is 1. The predicted octanol–water partition coefficient (Wildman–Crippen LogP) is 1.33. The van der Waals surface area contributed by atoms with Crippen LogP contribution in [0.3, 0.4) is 0 Å². The number of halogens is 1. The summed E-state index contributed by atoms with van der Waals surface area (Å²) < 4.78 is 22.4. The molecule has 0 amide bonds. The summed E-state index contributed by atoms with van der Waals surface area (Å²) in [6.45, 7) is 0. The molecule has 1 saturated heterocycles. The molecule has 6 heteroatoms. The summed E-state index contributed by atoms with van der Waals surface area (Å²) in [7, 11) is -2.84. The lowest BCUT2D eigenvalue weighted by Crippen LogP contribution is -2.20. The Morgan fingerprint density at radius 2 is 2.33 bits per heavy atom. The van der Waals surface area contributed by atoms with Crippen LogP contribution in [-0.2, 0) is 9.84 Å². The maximum atomic E-state index is 11.2. The fourth-order valence-corrected chi connectivity index (χ4v) is 3.48. The molecule has 1 aromatic rings. The van der Waals surface area contributed by atoms with E-state index in [1.807, 2.05) is 0 Å². The van der Waals surface area contributed by atoms with Gasteiger partial charge in [0.05, 0.1) is 11.5 Å².